The number of nitrogens with zero attached hydrogens (tertiary/aromatic N) is 2. The molecule has 0 aliphatic heterocycles. The van der Waals surface area contributed by atoms with Crippen molar-refractivity contribution in [2.75, 3.05) is 19.0 Å². The Morgan fingerprint density at radius 2 is 2.00 bits per heavy atom. The predicted molar refractivity (Wildman–Crippen MR) is 85.3 cm³/mol. The van der Waals surface area contributed by atoms with E-state index in [1.807, 2.05) is 43.4 Å². The topological polar surface area (TPSA) is 28.2 Å². The number of rotatable bonds is 5. The van der Waals surface area contributed by atoms with E-state index in [4.69, 9.17) is 11.6 Å². The van der Waals surface area contributed by atoms with E-state index in [1.54, 1.807) is 0 Å². The minimum absolute atomic E-state index is 0.214. The summed E-state index contributed by atoms with van der Waals surface area (Å²) in [4.78, 5) is 6.82. The zero-order chi connectivity index (χ0) is 14.5. The van der Waals surface area contributed by atoms with Crippen LogP contribution in [0.2, 0.25) is 5.02 Å². The van der Waals surface area contributed by atoms with Gasteiger partial charge in [0.15, 0.2) is 0 Å². The third kappa shape index (κ3) is 3.50. The van der Waals surface area contributed by atoms with E-state index >= 15 is 0 Å². The van der Waals surface area contributed by atoms with E-state index in [1.165, 1.54) is 5.56 Å². The molecule has 3 nitrogen and oxygen atoms in total. The van der Waals surface area contributed by atoms with Gasteiger partial charge in [0.2, 0.25) is 0 Å². The first kappa shape index (κ1) is 14.8. The highest BCUT2D eigenvalue weighted by atomic mass is 35.5. The van der Waals surface area contributed by atoms with Crippen molar-refractivity contribution >= 4 is 17.4 Å². The second-order valence-electron chi connectivity index (χ2n) is 4.86. The predicted octanol–water partition coefficient (Wildman–Crippen LogP) is 3.65. The lowest BCUT2D eigenvalue weighted by atomic mass is 10.1. The molecule has 0 saturated heterocycles. The summed E-state index contributed by atoms with van der Waals surface area (Å²) in [6, 6.07) is 14.3. The lowest BCUT2D eigenvalue weighted by Gasteiger charge is -2.27. The molecular weight excluding hydrogens is 270 g/mol. The Morgan fingerprint density at radius 3 is 2.70 bits per heavy atom. The fraction of sp³-hybridized carbons (Fsp3) is 0.312. The van der Waals surface area contributed by atoms with Crippen LogP contribution in [-0.2, 0) is 6.54 Å². The second kappa shape index (κ2) is 6.73. The van der Waals surface area contributed by atoms with Crippen molar-refractivity contribution in [1.29, 1.82) is 0 Å². The number of pyridine rings is 1. The third-order valence-electron chi connectivity index (χ3n) is 3.42. The van der Waals surface area contributed by atoms with Gasteiger partial charge in [-0.1, -0.05) is 29.8 Å². The molecule has 0 bridgehead atoms. The van der Waals surface area contributed by atoms with Gasteiger partial charge in [0.1, 0.15) is 5.82 Å². The number of aromatic nitrogens is 1. The van der Waals surface area contributed by atoms with Crippen molar-refractivity contribution in [3.63, 3.8) is 0 Å². The molecule has 0 aliphatic carbocycles. The van der Waals surface area contributed by atoms with Crippen LogP contribution in [0, 0.1) is 0 Å². The molecule has 0 spiro atoms. The minimum atomic E-state index is 0.214. The van der Waals surface area contributed by atoms with Crippen molar-refractivity contribution in [2.24, 2.45) is 0 Å². The summed E-state index contributed by atoms with van der Waals surface area (Å²) in [6.45, 7) is 2.92. The van der Waals surface area contributed by atoms with Gasteiger partial charge in [-0.3, -0.25) is 0 Å². The van der Waals surface area contributed by atoms with Crippen LogP contribution in [0.4, 0.5) is 5.82 Å². The van der Waals surface area contributed by atoms with E-state index in [-0.39, 0.29) is 6.04 Å². The van der Waals surface area contributed by atoms with Gasteiger partial charge in [0, 0.05) is 18.6 Å². The molecule has 1 atom stereocenters. The molecule has 106 valence electrons. The average Bonchev–Trinajstić information content (AvgIpc) is 2.46. The Labute approximate surface area is 125 Å². The number of benzene rings is 1. The van der Waals surface area contributed by atoms with Gasteiger partial charge in [-0.05, 0) is 43.8 Å². The first-order valence-electron chi connectivity index (χ1n) is 6.70. The first-order chi connectivity index (χ1) is 9.61. The summed E-state index contributed by atoms with van der Waals surface area (Å²) < 4.78 is 0. The van der Waals surface area contributed by atoms with Crippen molar-refractivity contribution in [1.82, 2.24) is 10.3 Å². The van der Waals surface area contributed by atoms with Gasteiger partial charge in [-0.25, -0.2) is 4.98 Å². The summed E-state index contributed by atoms with van der Waals surface area (Å²) >= 11 is 6.06. The highest BCUT2D eigenvalue weighted by molar-refractivity contribution is 6.30. The zero-order valence-corrected chi connectivity index (χ0v) is 12.9. The van der Waals surface area contributed by atoms with Crippen LogP contribution in [-0.4, -0.2) is 19.1 Å². The number of anilines is 1. The molecule has 1 aromatic heterocycles. The second-order valence-corrected chi connectivity index (χ2v) is 5.30. The third-order valence-corrected chi connectivity index (χ3v) is 3.66. The smallest absolute Gasteiger partial charge is 0.129 e. The van der Waals surface area contributed by atoms with Crippen molar-refractivity contribution in [3.05, 3.63) is 58.7 Å². The Bertz CT molecular complexity index is 571. The number of hydrogen-bond acceptors (Lipinski definition) is 3. The Hall–Kier alpha value is -1.58. The molecule has 20 heavy (non-hydrogen) atoms. The van der Waals surface area contributed by atoms with Gasteiger partial charge in [-0.2, -0.15) is 0 Å². The Balaban J connectivity index is 2.21. The van der Waals surface area contributed by atoms with Gasteiger partial charge in [-0.15, -0.1) is 0 Å². The molecule has 1 unspecified atom stereocenters. The van der Waals surface area contributed by atoms with E-state index < -0.39 is 0 Å². The summed E-state index contributed by atoms with van der Waals surface area (Å²) in [5.74, 6) is 0.963. The van der Waals surface area contributed by atoms with Crippen molar-refractivity contribution in [3.8, 4) is 0 Å². The fourth-order valence-electron chi connectivity index (χ4n) is 2.13. The lowest BCUT2D eigenvalue weighted by molar-refractivity contribution is 0.719. The average molecular weight is 290 g/mol. The zero-order valence-electron chi connectivity index (χ0n) is 12.1. The van der Waals surface area contributed by atoms with E-state index in [0.29, 0.717) is 0 Å². The maximum Gasteiger partial charge on any atom is 0.129 e. The largest absolute Gasteiger partial charge is 0.353 e. The van der Waals surface area contributed by atoms with E-state index in [9.17, 15) is 0 Å². The molecule has 0 amide bonds. The summed E-state index contributed by atoms with van der Waals surface area (Å²) in [5, 5.41) is 3.88. The molecule has 0 fully saturated rings. The number of hydrogen-bond donors (Lipinski definition) is 1. The van der Waals surface area contributed by atoms with Gasteiger partial charge < -0.3 is 10.2 Å². The number of nitrogens with one attached hydrogen (secondary N) is 1. The molecule has 2 aromatic rings. The van der Waals surface area contributed by atoms with Gasteiger partial charge in [0.25, 0.3) is 0 Å². The SMILES string of the molecule is CNCc1cccc(N(C)C(C)c2cccc(Cl)c2)n1. The normalized spacial score (nSPS) is 12.2. The quantitative estimate of drug-likeness (QED) is 0.911. The molecule has 0 aliphatic rings. The summed E-state index contributed by atoms with van der Waals surface area (Å²) in [6.07, 6.45) is 0. The lowest BCUT2D eigenvalue weighted by Crippen LogP contribution is -2.23. The Kier molecular flexibility index (Phi) is 4.99. The Morgan fingerprint density at radius 1 is 1.25 bits per heavy atom. The molecule has 2 rings (SSSR count). The van der Waals surface area contributed by atoms with Crippen LogP contribution in [0.3, 0.4) is 0 Å². The molecule has 0 saturated carbocycles. The molecule has 4 heteroatoms. The van der Waals surface area contributed by atoms with Crippen LogP contribution in [0.1, 0.15) is 24.2 Å². The molecule has 0 radical (unpaired) electrons. The highest BCUT2D eigenvalue weighted by Crippen LogP contribution is 2.25. The fourth-order valence-corrected chi connectivity index (χ4v) is 2.33. The van der Waals surface area contributed by atoms with E-state index in [2.05, 4.69) is 35.2 Å². The van der Waals surface area contributed by atoms with Crippen LogP contribution < -0.4 is 10.2 Å². The molecule has 1 heterocycles. The van der Waals surface area contributed by atoms with Crippen molar-refractivity contribution in [2.45, 2.75) is 19.5 Å². The van der Waals surface area contributed by atoms with Crippen LogP contribution >= 0.6 is 11.6 Å². The van der Waals surface area contributed by atoms with E-state index in [0.717, 1.165) is 23.1 Å². The highest BCUT2D eigenvalue weighted by Gasteiger charge is 2.13. The minimum Gasteiger partial charge on any atom is -0.353 e. The molecule has 1 N–H and O–H groups in total. The summed E-state index contributed by atoms with van der Waals surface area (Å²) in [7, 11) is 3.98. The number of halogens is 1. The van der Waals surface area contributed by atoms with Crippen LogP contribution in [0.5, 0.6) is 0 Å². The van der Waals surface area contributed by atoms with Crippen LogP contribution in [0.15, 0.2) is 42.5 Å². The monoisotopic (exact) mass is 289 g/mol. The maximum atomic E-state index is 6.06. The summed E-state index contributed by atoms with van der Waals surface area (Å²) in [5.41, 5.74) is 2.22. The standard InChI is InChI=1S/C16H20ClN3/c1-12(13-6-4-7-14(17)10-13)20(3)16-9-5-8-15(19-16)11-18-2/h4-10,12,18H,11H2,1-3H3. The first-order valence-corrected chi connectivity index (χ1v) is 7.08. The van der Waals surface area contributed by atoms with Crippen LogP contribution in [0.25, 0.3) is 0 Å². The van der Waals surface area contributed by atoms with Crippen molar-refractivity contribution < 1.29 is 0 Å². The maximum absolute atomic E-state index is 6.06. The van der Waals surface area contributed by atoms with Gasteiger partial charge >= 0.3 is 0 Å². The molecular formula is C16H20ClN3. The van der Waals surface area contributed by atoms with Gasteiger partial charge in [0.05, 0.1) is 11.7 Å². The molecule has 1 aromatic carbocycles.